The van der Waals surface area contributed by atoms with Crippen LogP contribution in [0.4, 0.5) is 5.69 Å². The highest BCUT2D eigenvalue weighted by atomic mass is 32.2. The van der Waals surface area contributed by atoms with Crippen LogP contribution in [0.2, 0.25) is 0 Å². The third-order valence-corrected chi connectivity index (χ3v) is 7.04. The first-order valence-corrected chi connectivity index (χ1v) is 11.1. The van der Waals surface area contributed by atoms with Gasteiger partial charge in [-0.15, -0.1) is 0 Å². The normalized spacial score (nSPS) is 13.9. The smallest absolute Gasteiger partial charge is 0.264 e. The van der Waals surface area contributed by atoms with E-state index in [-0.39, 0.29) is 22.9 Å². The van der Waals surface area contributed by atoms with Crippen LogP contribution in [-0.2, 0) is 16.4 Å². The largest absolute Gasteiger partial charge is 0.399 e. The van der Waals surface area contributed by atoms with Crippen molar-refractivity contribution in [2.24, 2.45) is 0 Å². The molecule has 0 spiro atoms. The second kappa shape index (κ2) is 7.80. The Morgan fingerprint density at radius 2 is 1.60 bits per heavy atom. The maximum absolute atomic E-state index is 13.5. The number of anilines is 1. The van der Waals surface area contributed by atoms with Crippen LogP contribution in [0.1, 0.15) is 27.0 Å². The number of ketones is 1. The number of rotatable bonds is 4. The van der Waals surface area contributed by atoms with Gasteiger partial charge in [0.05, 0.1) is 4.90 Å². The molecule has 3 aromatic rings. The maximum atomic E-state index is 13.5. The maximum Gasteiger partial charge on any atom is 0.264 e. The number of hydrogen-bond acceptors (Lipinski definition) is 4. The molecule has 0 aliphatic carbocycles. The van der Waals surface area contributed by atoms with Gasteiger partial charge >= 0.3 is 0 Å². The number of nitrogens with zero attached hydrogens (tertiary/aromatic N) is 1. The Labute approximate surface area is 176 Å². The zero-order valence-corrected chi connectivity index (χ0v) is 17.4. The van der Waals surface area contributed by atoms with Crippen LogP contribution in [-0.4, -0.2) is 25.1 Å². The van der Waals surface area contributed by atoms with Crippen LogP contribution in [0, 0.1) is 6.92 Å². The molecule has 1 heterocycles. The SMILES string of the molecule is Cc1ccc(S(=O)(=O)N2CCc3ccccc3C=C2C(=O)c2ccc(N)cc2)cc1. The van der Waals surface area contributed by atoms with Gasteiger partial charge in [-0.05, 0) is 66.9 Å². The Morgan fingerprint density at radius 3 is 2.30 bits per heavy atom. The number of fused-ring (bicyclic) bond motifs is 1. The van der Waals surface area contributed by atoms with Crippen LogP contribution in [0.3, 0.4) is 0 Å². The van der Waals surface area contributed by atoms with E-state index >= 15 is 0 Å². The van der Waals surface area contributed by atoms with Crippen molar-refractivity contribution in [3.05, 3.63) is 101 Å². The molecule has 6 heteroatoms. The van der Waals surface area contributed by atoms with Gasteiger partial charge in [-0.3, -0.25) is 9.10 Å². The number of Topliss-reactive ketones (excluding diaryl/α,β-unsaturated/α-hetero) is 1. The molecule has 0 saturated heterocycles. The molecule has 152 valence electrons. The van der Waals surface area contributed by atoms with Gasteiger partial charge in [0.15, 0.2) is 0 Å². The number of carbonyl (C=O) groups is 1. The van der Waals surface area contributed by atoms with Crippen molar-refractivity contribution in [1.29, 1.82) is 0 Å². The minimum absolute atomic E-state index is 0.130. The van der Waals surface area contributed by atoms with Crippen LogP contribution in [0.25, 0.3) is 6.08 Å². The molecule has 2 N–H and O–H groups in total. The lowest BCUT2D eigenvalue weighted by Crippen LogP contribution is -2.34. The number of carbonyl (C=O) groups excluding carboxylic acids is 1. The van der Waals surface area contributed by atoms with Crippen molar-refractivity contribution in [3.8, 4) is 0 Å². The summed E-state index contributed by atoms with van der Waals surface area (Å²) in [6.45, 7) is 2.08. The van der Waals surface area contributed by atoms with Gasteiger partial charge in [0, 0.05) is 17.8 Å². The predicted molar refractivity (Wildman–Crippen MR) is 118 cm³/mol. The van der Waals surface area contributed by atoms with Gasteiger partial charge in [-0.2, -0.15) is 0 Å². The third kappa shape index (κ3) is 3.74. The number of nitrogens with two attached hydrogens (primary N) is 1. The van der Waals surface area contributed by atoms with Crippen molar-refractivity contribution >= 4 is 27.6 Å². The van der Waals surface area contributed by atoms with Gasteiger partial charge < -0.3 is 5.73 Å². The molecule has 1 aliphatic rings. The van der Waals surface area contributed by atoms with Crippen molar-refractivity contribution < 1.29 is 13.2 Å². The first-order chi connectivity index (χ1) is 14.4. The van der Waals surface area contributed by atoms with E-state index in [2.05, 4.69) is 0 Å². The summed E-state index contributed by atoms with van der Waals surface area (Å²) in [7, 11) is -3.91. The Bertz CT molecular complexity index is 1230. The number of benzene rings is 3. The number of allylic oxidation sites excluding steroid dienone is 1. The molecule has 0 atom stereocenters. The van der Waals surface area contributed by atoms with E-state index in [1.807, 2.05) is 31.2 Å². The van der Waals surface area contributed by atoms with Crippen molar-refractivity contribution in [2.75, 3.05) is 12.3 Å². The molecule has 0 fully saturated rings. The van der Waals surface area contributed by atoms with Gasteiger partial charge in [0.2, 0.25) is 5.78 Å². The van der Waals surface area contributed by atoms with Crippen molar-refractivity contribution in [3.63, 3.8) is 0 Å². The molecule has 4 rings (SSSR count). The summed E-state index contributed by atoms with van der Waals surface area (Å²) in [6, 6.07) is 20.8. The Hall–Kier alpha value is -3.38. The first kappa shape index (κ1) is 19.9. The molecule has 0 radical (unpaired) electrons. The van der Waals surface area contributed by atoms with E-state index in [4.69, 9.17) is 5.73 Å². The molecule has 30 heavy (non-hydrogen) atoms. The van der Waals surface area contributed by atoms with E-state index < -0.39 is 10.0 Å². The molecule has 0 saturated carbocycles. The lowest BCUT2D eigenvalue weighted by atomic mass is 10.0. The zero-order chi connectivity index (χ0) is 21.3. The summed E-state index contributed by atoms with van der Waals surface area (Å²) in [5, 5.41) is 0. The third-order valence-electron chi connectivity index (χ3n) is 5.21. The lowest BCUT2D eigenvalue weighted by molar-refractivity contribution is 0.101. The van der Waals surface area contributed by atoms with Gasteiger partial charge in [0.1, 0.15) is 5.70 Å². The summed E-state index contributed by atoms with van der Waals surface area (Å²) < 4.78 is 28.3. The van der Waals surface area contributed by atoms with Crippen molar-refractivity contribution in [1.82, 2.24) is 4.31 Å². The Morgan fingerprint density at radius 1 is 0.933 bits per heavy atom. The summed E-state index contributed by atoms with van der Waals surface area (Å²) >= 11 is 0. The second-order valence-corrected chi connectivity index (χ2v) is 9.18. The van der Waals surface area contributed by atoms with E-state index in [1.54, 1.807) is 54.6 Å². The highest BCUT2D eigenvalue weighted by molar-refractivity contribution is 7.89. The molecular formula is C24H22N2O3S. The molecule has 3 aromatic carbocycles. The zero-order valence-electron chi connectivity index (χ0n) is 16.6. The summed E-state index contributed by atoms with van der Waals surface area (Å²) in [6.07, 6.45) is 2.18. The highest BCUT2D eigenvalue weighted by Crippen LogP contribution is 2.29. The number of nitrogen functional groups attached to an aromatic ring is 1. The molecule has 0 amide bonds. The van der Waals surface area contributed by atoms with Gasteiger partial charge in [-0.1, -0.05) is 42.0 Å². The first-order valence-electron chi connectivity index (χ1n) is 9.65. The number of hydrogen-bond donors (Lipinski definition) is 1. The Kier molecular flexibility index (Phi) is 5.18. The second-order valence-electron chi connectivity index (χ2n) is 7.32. The predicted octanol–water partition coefficient (Wildman–Crippen LogP) is 4.05. The monoisotopic (exact) mass is 418 g/mol. The van der Waals surface area contributed by atoms with E-state index in [0.717, 1.165) is 16.7 Å². The van der Waals surface area contributed by atoms with Crippen molar-refractivity contribution in [2.45, 2.75) is 18.2 Å². The molecule has 0 unspecified atom stereocenters. The fraction of sp³-hybridized carbons (Fsp3) is 0.125. The number of sulfonamides is 1. The minimum atomic E-state index is -3.91. The van der Waals surface area contributed by atoms with E-state index in [9.17, 15) is 13.2 Å². The topological polar surface area (TPSA) is 80.5 Å². The fourth-order valence-corrected chi connectivity index (χ4v) is 4.97. The van der Waals surface area contributed by atoms with E-state index in [1.165, 1.54) is 4.31 Å². The lowest BCUT2D eigenvalue weighted by Gasteiger charge is -2.25. The molecule has 5 nitrogen and oxygen atoms in total. The summed E-state index contributed by atoms with van der Waals surface area (Å²) in [4.78, 5) is 13.6. The standard InChI is InChI=1S/C24H22N2O3S/c1-17-6-12-22(13-7-17)30(28,29)26-15-14-18-4-2-3-5-20(18)16-23(26)24(27)19-8-10-21(25)11-9-19/h2-13,16H,14-15,25H2,1H3. The average Bonchev–Trinajstić information content (AvgIpc) is 2.94. The summed E-state index contributed by atoms with van der Waals surface area (Å²) in [5.74, 6) is -0.359. The summed E-state index contributed by atoms with van der Waals surface area (Å²) in [5.41, 5.74) is 9.61. The molecule has 0 bridgehead atoms. The number of aryl methyl sites for hydroxylation is 1. The van der Waals surface area contributed by atoms with Gasteiger partial charge in [-0.25, -0.2) is 8.42 Å². The molecule has 0 aromatic heterocycles. The van der Waals surface area contributed by atoms with Crippen LogP contribution >= 0.6 is 0 Å². The Balaban J connectivity index is 1.85. The van der Waals surface area contributed by atoms with Crippen LogP contribution in [0.15, 0.2) is 83.4 Å². The minimum Gasteiger partial charge on any atom is -0.399 e. The highest BCUT2D eigenvalue weighted by Gasteiger charge is 2.32. The molecule has 1 aliphatic heterocycles. The van der Waals surface area contributed by atoms with Gasteiger partial charge in [0.25, 0.3) is 10.0 Å². The van der Waals surface area contributed by atoms with Crippen LogP contribution < -0.4 is 5.73 Å². The molecular weight excluding hydrogens is 396 g/mol. The average molecular weight is 419 g/mol. The van der Waals surface area contributed by atoms with E-state index in [0.29, 0.717) is 17.7 Å². The fourth-order valence-electron chi connectivity index (χ4n) is 3.51. The quantitative estimate of drug-likeness (QED) is 0.512. The van der Waals surface area contributed by atoms with Crippen LogP contribution in [0.5, 0.6) is 0 Å².